The lowest BCUT2D eigenvalue weighted by molar-refractivity contribution is -0.139. The molecule has 1 heterocycles. The van der Waals surface area contributed by atoms with Crippen LogP contribution in [0.25, 0.3) is 0 Å². The smallest absolute Gasteiger partial charge is 0.163 e. The van der Waals surface area contributed by atoms with E-state index in [1.54, 1.807) is 0 Å². The van der Waals surface area contributed by atoms with E-state index >= 15 is 0 Å². The van der Waals surface area contributed by atoms with Crippen LogP contribution in [0.2, 0.25) is 0 Å². The second kappa shape index (κ2) is 7.67. The predicted octanol–water partition coefficient (Wildman–Crippen LogP) is 4.26. The lowest BCUT2D eigenvalue weighted by Crippen LogP contribution is -2.21. The summed E-state index contributed by atoms with van der Waals surface area (Å²) in [5.41, 5.74) is 0. The molecule has 1 saturated heterocycles. The highest BCUT2D eigenvalue weighted by atomic mass is 79.9. The highest BCUT2D eigenvalue weighted by molar-refractivity contribution is 9.09. The van der Waals surface area contributed by atoms with E-state index in [9.17, 15) is 0 Å². The van der Waals surface area contributed by atoms with Gasteiger partial charge in [-0.1, -0.05) is 48.0 Å². The number of unbranched alkanes of at least 4 members (excludes halogenated alkanes) is 5. The van der Waals surface area contributed by atoms with Gasteiger partial charge >= 0.3 is 0 Å². The molecule has 1 aliphatic rings. The summed E-state index contributed by atoms with van der Waals surface area (Å²) in [6.07, 6.45) is 9.51. The van der Waals surface area contributed by atoms with Gasteiger partial charge in [0.1, 0.15) is 0 Å². The molecular weight excluding hydrogens is 268 g/mol. The number of alkyl halides is 1. The van der Waals surface area contributed by atoms with Gasteiger partial charge in [-0.3, -0.25) is 0 Å². The standard InChI is InChI=1S/C13H25BrO2/c1-13(2)15-11-12(16-13)9-7-5-3-4-6-8-10-14/h12H,3-11H2,1-2H3/t12-/m1/s1. The van der Waals surface area contributed by atoms with Gasteiger partial charge in [-0.25, -0.2) is 0 Å². The third kappa shape index (κ3) is 6.21. The van der Waals surface area contributed by atoms with Crippen LogP contribution in [-0.2, 0) is 9.47 Å². The molecule has 1 rings (SSSR count). The third-order valence-corrected chi connectivity index (χ3v) is 3.54. The van der Waals surface area contributed by atoms with E-state index in [1.807, 2.05) is 13.8 Å². The molecule has 0 aromatic rings. The van der Waals surface area contributed by atoms with E-state index in [1.165, 1.54) is 38.5 Å². The van der Waals surface area contributed by atoms with Crippen molar-refractivity contribution in [1.29, 1.82) is 0 Å². The van der Waals surface area contributed by atoms with Crippen molar-refractivity contribution in [2.24, 2.45) is 0 Å². The second-order valence-electron chi connectivity index (χ2n) is 5.05. The molecule has 0 bridgehead atoms. The Morgan fingerprint density at radius 2 is 1.69 bits per heavy atom. The minimum atomic E-state index is -0.347. The topological polar surface area (TPSA) is 18.5 Å². The van der Waals surface area contributed by atoms with Gasteiger partial charge in [-0.15, -0.1) is 0 Å². The van der Waals surface area contributed by atoms with E-state index in [0.29, 0.717) is 6.10 Å². The first-order valence-corrected chi connectivity index (χ1v) is 7.64. The Morgan fingerprint density at radius 1 is 1.06 bits per heavy atom. The maximum Gasteiger partial charge on any atom is 0.163 e. The summed E-state index contributed by atoms with van der Waals surface area (Å²) in [6, 6.07) is 0. The molecule has 0 aliphatic carbocycles. The van der Waals surface area contributed by atoms with Gasteiger partial charge in [0.25, 0.3) is 0 Å². The zero-order valence-corrected chi connectivity index (χ0v) is 12.2. The van der Waals surface area contributed by atoms with Crippen LogP contribution < -0.4 is 0 Å². The molecule has 0 aromatic heterocycles. The van der Waals surface area contributed by atoms with Gasteiger partial charge in [0, 0.05) is 5.33 Å². The Hall–Kier alpha value is 0.400. The van der Waals surface area contributed by atoms with Gasteiger partial charge in [0.05, 0.1) is 12.7 Å². The summed E-state index contributed by atoms with van der Waals surface area (Å²) in [6.45, 7) is 4.76. The summed E-state index contributed by atoms with van der Waals surface area (Å²) in [4.78, 5) is 0. The maximum absolute atomic E-state index is 5.77. The molecule has 0 radical (unpaired) electrons. The van der Waals surface area contributed by atoms with Crippen molar-refractivity contribution in [1.82, 2.24) is 0 Å². The average Bonchev–Trinajstić information content (AvgIpc) is 2.57. The largest absolute Gasteiger partial charge is 0.348 e. The Labute approximate surface area is 108 Å². The molecule has 96 valence electrons. The lowest BCUT2D eigenvalue weighted by atomic mass is 10.1. The first-order chi connectivity index (χ1) is 7.64. The van der Waals surface area contributed by atoms with Gasteiger partial charge in [0.15, 0.2) is 5.79 Å². The van der Waals surface area contributed by atoms with Crippen molar-refractivity contribution in [2.45, 2.75) is 70.7 Å². The van der Waals surface area contributed by atoms with Gasteiger partial charge in [0.2, 0.25) is 0 Å². The van der Waals surface area contributed by atoms with Crippen LogP contribution in [-0.4, -0.2) is 23.8 Å². The number of halogens is 1. The van der Waals surface area contributed by atoms with E-state index < -0.39 is 0 Å². The van der Waals surface area contributed by atoms with Crippen LogP contribution in [0.4, 0.5) is 0 Å². The predicted molar refractivity (Wildman–Crippen MR) is 71.0 cm³/mol. The summed E-state index contributed by atoms with van der Waals surface area (Å²) in [5.74, 6) is -0.347. The number of hydrogen-bond donors (Lipinski definition) is 0. The normalized spacial score (nSPS) is 23.8. The average molecular weight is 293 g/mol. The van der Waals surface area contributed by atoms with E-state index in [-0.39, 0.29) is 5.79 Å². The molecule has 0 unspecified atom stereocenters. The second-order valence-corrected chi connectivity index (χ2v) is 5.84. The molecule has 0 spiro atoms. The first kappa shape index (κ1) is 14.5. The van der Waals surface area contributed by atoms with E-state index in [2.05, 4.69) is 15.9 Å². The minimum absolute atomic E-state index is 0.331. The molecule has 2 nitrogen and oxygen atoms in total. The molecule has 1 atom stereocenters. The maximum atomic E-state index is 5.77. The summed E-state index contributed by atoms with van der Waals surface area (Å²) < 4.78 is 11.3. The SMILES string of the molecule is CC1(C)OC[C@@H](CCCCCCCCBr)O1. The molecule has 16 heavy (non-hydrogen) atoms. The van der Waals surface area contributed by atoms with Crippen LogP contribution in [0.15, 0.2) is 0 Å². The fourth-order valence-corrected chi connectivity index (χ4v) is 2.48. The zero-order chi connectivity index (χ0) is 11.9. The molecule has 0 saturated carbocycles. The Morgan fingerprint density at radius 3 is 2.25 bits per heavy atom. The van der Waals surface area contributed by atoms with Crippen molar-refractivity contribution in [3.05, 3.63) is 0 Å². The van der Waals surface area contributed by atoms with Crippen LogP contribution in [0, 0.1) is 0 Å². The van der Waals surface area contributed by atoms with Crippen molar-refractivity contribution in [3.63, 3.8) is 0 Å². The molecule has 0 aromatic carbocycles. The van der Waals surface area contributed by atoms with Gasteiger partial charge < -0.3 is 9.47 Å². The van der Waals surface area contributed by atoms with Crippen LogP contribution in [0.1, 0.15) is 58.8 Å². The van der Waals surface area contributed by atoms with Crippen molar-refractivity contribution >= 4 is 15.9 Å². The Kier molecular flexibility index (Phi) is 6.94. The summed E-state index contributed by atoms with van der Waals surface area (Å²) in [7, 11) is 0. The number of hydrogen-bond acceptors (Lipinski definition) is 2. The summed E-state index contributed by atoms with van der Waals surface area (Å²) >= 11 is 3.46. The molecule has 1 aliphatic heterocycles. The molecule has 3 heteroatoms. The molecule has 0 amide bonds. The lowest BCUT2D eigenvalue weighted by Gasteiger charge is -2.16. The van der Waals surface area contributed by atoms with Crippen molar-refractivity contribution in [2.75, 3.05) is 11.9 Å². The quantitative estimate of drug-likeness (QED) is 0.491. The van der Waals surface area contributed by atoms with Crippen molar-refractivity contribution in [3.8, 4) is 0 Å². The van der Waals surface area contributed by atoms with Crippen LogP contribution in [0.5, 0.6) is 0 Å². The van der Waals surface area contributed by atoms with Crippen LogP contribution >= 0.6 is 15.9 Å². The highest BCUT2D eigenvalue weighted by Gasteiger charge is 2.31. The first-order valence-electron chi connectivity index (χ1n) is 6.52. The number of ether oxygens (including phenoxy) is 2. The third-order valence-electron chi connectivity index (χ3n) is 2.98. The van der Waals surface area contributed by atoms with Gasteiger partial charge in [-0.2, -0.15) is 0 Å². The van der Waals surface area contributed by atoms with Crippen molar-refractivity contribution < 1.29 is 9.47 Å². The van der Waals surface area contributed by atoms with E-state index in [0.717, 1.165) is 18.4 Å². The highest BCUT2D eigenvalue weighted by Crippen LogP contribution is 2.25. The molecule has 0 N–H and O–H groups in total. The van der Waals surface area contributed by atoms with Gasteiger partial charge in [-0.05, 0) is 26.7 Å². The Balaban J connectivity index is 1.88. The fourth-order valence-electron chi connectivity index (χ4n) is 2.08. The van der Waals surface area contributed by atoms with E-state index in [4.69, 9.17) is 9.47 Å². The summed E-state index contributed by atoms with van der Waals surface area (Å²) in [5, 5.41) is 1.15. The monoisotopic (exact) mass is 292 g/mol. The number of rotatable bonds is 8. The Bertz CT molecular complexity index is 183. The fraction of sp³-hybridized carbons (Fsp3) is 1.00. The molecular formula is C13H25BrO2. The molecule has 1 fully saturated rings. The zero-order valence-electron chi connectivity index (χ0n) is 10.6. The van der Waals surface area contributed by atoms with Crippen LogP contribution in [0.3, 0.4) is 0 Å². The minimum Gasteiger partial charge on any atom is -0.348 e.